The first-order valence-corrected chi connectivity index (χ1v) is 9.38. The molecule has 0 N–H and O–H groups in total. The van der Waals surface area contributed by atoms with Crippen molar-refractivity contribution in [3.8, 4) is 5.75 Å². The number of benzene rings is 2. The topological polar surface area (TPSA) is 55.3 Å². The summed E-state index contributed by atoms with van der Waals surface area (Å²) < 4.78 is 20.0. The molecule has 0 radical (unpaired) electrons. The number of pyridine rings is 1. The number of aromatic nitrogens is 2. The van der Waals surface area contributed by atoms with Crippen molar-refractivity contribution in [2.24, 2.45) is 0 Å². The number of thiazole rings is 1. The molecule has 28 heavy (non-hydrogen) atoms. The summed E-state index contributed by atoms with van der Waals surface area (Å²) in [7, 11) is 1.57. The molecule has 0 aliphatic rings. The van der Waals surface area contributed by atoms with Crippen LogP contribution in [-0.2, 0) is 6.54 Å². The number of anilines is 1. The van der Waals surface area contributed by atoms with E-state index in [1.807, 2.05) is 18.2 Å². The van der Waals surface area contributed by atoms with Crippen molar-refractivity contribution in [1.82, 2.24) is 9.97 Å². The maximum absolute atomic E-state index is 14.1. The number of hydrogen-bond donors (Lipinski definition) is 0. The first-order chi connectivity index (χ1) is 13.7. The Morgan fingerprint density at radius 1 is 1.11 bits per heavy atom. The molecular weight excluding hydrogens is 377 g/mol. The van der Waals surface area contributed by atoms with Crippen LogP contribution in [0.4, 0.5) is 9.52 Å². The van der Waals surface area contributed by atoms with Crippen LogP contribution in [0.2, 0.25) is 0 Å². The lowest BCUT2D eigenvalue weighted by Crippen LogP contribution is -2.30. The minimum Gasteiger partial charge on any atom is -0.497 e. The Hall–Kier alpha value is -3.32. The van der Waals surface area contributed by atoms with Crippen molar-refractivity contribution in [2.75, 3.05) is 12.0 Å². The van der Waals surface area contributed by atoms with Crippen LogP contribution >= 0.6 is 11.3 Å². The molecule has 4 rings (SSSR count). The van der Waals surface area contributed by atoms with Crippen LogP contribution in [0.3, 0.4) is 0 Å². The number of para-hydroxylation sites is 1. The maximum atomic E-state index is 14.1. The Morgan fingerprint density at radius 3 is 2.61 bits per heavy atom. The van der Waals surface area contributed by atoms with Crippen LogP contribution in [0.5, 0.6) is 5.75 Å². The Labute approximate surface area is 165 Å². The van der Waals surface area contributed by atoms with Gasteiger partial charge in [0.05, 0.1) is 24.0 Å². The van der Waals surface area contributed by atoms with E-state index in [-0.39, 0.29) is 18.0 Å². The average molecular weight is 393 g/mol. The molecule has 0 bridgehead atoms. The predicted octanol–water partition coefficient (Wildman–Crippen LogP) is 4.69. The van der Waals surface area contributed by atoms with Crippen LogP contribution in [0.25, 0.3) is 10.2 Å². The van der Waals surface area contributed by atoms with Gasteiger partial charge in [0.2, 0.25) is 0 Å². The standard InChI is InChI=1S/C21H16FN3O2S/c1-27-16-10-8-14(9-11-16)20(26)25(13-15-5-2-3-12-23-15)21-24-19-17(22)6-4-7-18(19)28-21/h2-12H,13H2,1H3. The van der Waals surface area contributed by atoms with Gasteiger partial charge in [-0.2, -0.15) is 0 Å². The molecule has 0 unspecified atom stereocenters. The molecule has 1 amide bonds. The highest BCUT2D eigenvalue weighted by Gasteiger charge is 2.23. The van der Waals surface area contributed by atoms with Gasteiger partial charge in [-0.1, -0.05) is 23.5 Å². The highest BCUT2D eigenvalue weighted by molar-refractivity contribution is 7.22. The van der Waals surface area contributed by atoms with Crippen LogP contribution in [-0.4, -0.2) is 23.0 Å². The van der Waals surface area contributed by atoms with Crippen molar-refractivity contribution >= 4 is 32.6 Å². The zero-order chi connectivity index (χ0) is 19.5. The van der Waals surface area contributed by atoms with Gasteiger partial charge in [-0.05, 0) is 48.5 Å². The number of fused-ring (bicyclic) bond motifs is 1. The number of amides is 1. The maximum Gasteiger partial charge on any atom is 0.260 e. The van der Waals surface area contributed by atoms with E-state index < -0.39 is 5.82 Å². The number of hydrogen-bond acceptors (Lipinski definition) is 5. The van der Waals surface area contributed by atoms with Crippen LogP contribution in [0.15, 0.2) is 66.9 Å². The number of ether oxygens (including phenoxy) is 1. The van der Waals surface area contributed by atoms with E-state index in [2.05, 4.69) is 9.97 Å². The Kier molecular flexibility index (Phi) is 4.99. The lowest BCUT2D eigenvalue weighted by Gasteiger charge is -2.19. The molecular formula is C21H16FN3O2S. The molecule has 0 fully saturated rings. The fourth-order valence-electron chi connectivity index (χ4n) is 2.79. The second-order valence-corrected chi connectivity index (χ2v) is 7.03. The van der Waals surface area contributed by atoms with Crippen molar-refractivity contribution in [2.45, 2.75) is 6.54 Å². The summed E-state index contributed by atoms with van der Waals surface area (Å²) in [5, 5.41) is 0.423. The zero-order valence-corrected chi connectivity index (χ0v) is 15.8. The molecule has 4 aromatic rings. The number of halogens is 1. The minimum atomic E-state index is -0.408. The summed E-state index contributed by atoms with van der Waals surface area (Å²) in [5.41, 5.74) is 1.46. The first-order valence-electron chi connectivity index (χ1n) is 8.56. The van der Waals surface area contributed by atoms with Crippen molar-refractivity contribution in [3.05, 3.63) is 83.9 Å². The fourth-order valence-corrected chi connectivity index (χ4v) is 3.77. The monoisotopic (exact) mass is 393 g/mol. The number of carbonyl (C=O) groups is 1. The molecule has 0 atom stereocenters. The van der Waals surface area contributed by atoms with E-state index in [0.29, 0.717) is 26.8 Å². The Bertz CT molecular complexity index is 1110. The number of nitrogens with zero attached hydrogens (tertiary/aromatic N) is 3. The summed E-state index contributed by atoms with van der Waals surface area (Å²) in [4.78, 5) is 23.5. The van der Waals surface area contributed by atoms with E-state index in [1.54, 1.807) is 49.7 Å². The van der Waals surface area contributed by atoms with Gasteiger partial charge in [0, 0.05) is 11.8 Å². The van der Waals surface area contributed by atoms with Gasteiger partial charge >= 0.3 is 0 Å². The van der Waals surface area contributed by atoms with Crippen molar-refractivity contribution < 1.29 is 13.9 Å². The van der Waals surface area contributed by atoms with Gasteiger partial charge in [0.15, 0.2) is 5.13 Å². The number of rotatable bonds is 5. The predicted molar refractivity (Wildman–Crippen MR) is 107 cm³/mol. The third-order valence-electron chi connectivity index (χ3n) is 4.22. The molecule has 0 aliphatic heterocycles. The molecule has 0 spiro atoms. The number of carbonyl (C=O) groups excluding carboxylic acids is 1. The van der Waals surface area contributed by atoms with E-state index >= 15 is 0 Å². The third kappa shape index (κ3) is 3.57. The number of methoxy groups -OCH3 is 1. The minimum absolute atomic E-state index is 0.229. The van der Waals surface area contributed by atoms with Gasteiger partial charge in [-0.3, -0.25) is 14.7 Å². The van der Waals surface area contributed by atoms with Gasteiger partial charge in [0.1, 0.15) is 17.1 Å². The molecule has 0 saturated heterocycles. The Balaban J connectivity index is 1.75. The third-order valence-corrected chi connectivity index (χ3v) is 5.26. The van der Waals surface area contributed by atoms with Gasteiger partial charge in [-0.25, -0.2) is 9.37 Å². The van der Waals surface area contributed by atoms with Gasteiger partial charge in [0.25, 0.3) is 5.91 Å². The lowest BCUT2D eigenvalue weighted by molar-refractivity contribution is 0.0984. The smallest absolute Gasteiger partial charge is 0.260 e. The van der Waals surface area contributed by atoms with Gasteiger partial charge in [-0.15, -0.1) is 0 Å². The summed E-state index contributed by atoms with van der Waals surface area (Å²) in [6, 6.07) is 17.1. The van der Waals surface area contributed by atoms with Crippen molar-refractivity contribution in [1.29, 1.82) is 0 Å². The molecule has 140 valence electrons. The van der Waals surface area contributed by atoms with Crippen LogP contribution < -0.4 is 9.64 Å². The first kappa shape index (κ1) is 18.1. The largest absolute Gasteiger partial charge is 0.497 e. The molecule has 7 heteroatoms. The second kappa shape index (κ2) is 7.74. The molecule has 0 saturated carbocycles. The van der Waals surface area contributed by atoms with E-state index in [4.69, 9.17) is 4.74 Å². The normalized spacial score (nSPS) is 10.8. The quantitative estimate of drug-likeness (QED) is 0.494. The molecule has 2 aromatic carbocycles. The zero-order valence-electron chi connectivity index (χ0n) is 15.0. The van der Waals surface area contributed by atoms with E-state index in [1.165, 1.54) is 22.3 Å². The summed E-state index contributed by atoms with van der Waals surface area (Å²) >= 11 is 1.27. The summed E-state index contributed by atoms with van der Waals surface area (Å²) in [5.74, 6) is 0.0114. The van der Waals surface area contributed by atoms with Crippen LogP contribution in [0.1, 0.15) is 16.1 Å². The SMILES string of the molecule is COc1ccc(C(=O)N(Cc2ccccn2)c2nc3c(F)cccc3s2)cc1. The lowest BCUT2D eigenvalue weighted by atomic mass is 10.2. The summed E-state index contributed by atoms with van der Waals surface area (Å²) in [6.45, 7) is 0.229. The highest BCUT2D eigenvalue weighted by Crippen LogP contribution is 2.32. The Morgan fingerprint density at radius 2 is 1.93 bits per heavy atom. The molecule has 5 nitrogen and oxygen atoms in total. The highest BCUT2D eigenvalue weighted by atomic mass is 32.1. The summed E-state index contributed by atoms with van der Waals surface area (Å²) in [6.07, 6.45) is 1.67. The molecule has 0 aliphatic carbocycles. The second-order valence-electron chi connectivity index (χ2n) is 6.02. The van der Waals surface area contributed by atoms with Gasteiger partial charge < -0.3 is 4.74 Å². The molecule has 2 heterocycles. The van der Waals surface area contributed by atoms with E-state index in [0.717, 1.165) is 0 Å². The average Bonchev–Trinajstić information content (AvgIpc) is 3.18. The van der Waals surface area contributed by atoms with Crippen LogP contribution in [0, 0.1) is 5.82 Å². The fraction of sp³-hybridized carbons (Fsp3) is 0.0952. The van der Waals surface area contributed by atoms with E-state index in [9.17, 15) is 9.18 Å². The van der Waals surface area contributed by atoms with Crippen molar-refractivity contribution in [3.63, 3.8) is 0 Å². The molecule has 2 aromatic heterocycles.